The van der Waals surface area contributed by atoms with Gasteiger partial charge >= 0.3 is 23.9 Å². The second kappa shape index (κ2) is 20.5. The lowest BCUT2D eigenvalue weighted by molar-refractivity contribution is -0.139. The molecule has 1 unspecified atom stereocenters. The monoisotopic (exact) mass is 823 g/mol. The molecule has 0 saturated carbocycles. The van der Waals surface area contributed by atoms with E-state index in [4.69, 9.17) is 19.3 Å². The zero-order chi connectivity index (χ0) is 41.9. The number of halogens is 1. The lowest BCUT2D eigenvalue weighted by atomic mass is 9.88. The summed E-state index contributed by atoms with van der Waals surface area (Å²) in [6.07, 6.45) is 2.39. The van der Waals surface area contributed by atoms with E-state index in [1.807, 2.05) is 0 Å². The highest BCUT2D eigenvalue weighted by Crippen LogP contribution is 2.50. The maximum Gasteiger partial charge on any atom is 0.347 e. The number of carboxylic acid groups (broad SMARTS) is 2. The van der Waals surface area contributed by atoms with Crippen molar-refractivity contribution in [3.05, 3.63) is 159 Å². The van der Waals surface area contributed by atoms with Crippen molar-refractivity contribution >= 4 is 42.6 Å². The van der Waals surface area contributed by atoms with Gasteiger partial charge in [-0.1, -0.05) is 91.0 Å². The third kappa shape index (κ3) is 10.7. The van der Waals surface area contributed by atoms with Crippen LogP contribution in [-0.4, -0.2) is 57.1 Å². The number of ether oxygens (including phenoxy) is 3. The van der Waals surface area contributed by atoms with Crippen LogP contribution < -0.4 is 14.8 Å². The average molecular weight is 824 g/mol. The SMILES string of the molecule is CC(NCCC(c1ccccc1)c1ccccc1)c1ccccc1.Cc1cc(O)c(C=O)c2c1C(=O)Oc1c(COC(=O)C=CC(=O)O)c(O)c(C(=O)O)c(C)c1O2.Cl. The molecule has 6 rings (SSSR count). The maximum absolute atomic E-state index is 12.9. The van der Waals surface area contributed by atoms with Gasteiger partial charge < -0.3 is 40.0 Å². The van der Waals surface area contributed by atoms with E-state index in [0.29, 0.717) is 24.1 Å². The van der Waals surface area contributed by atoms with Crippen LogP contribution in [0.25, 0.3) is 0 Å². The van der Waals surface area contributed by atoms with Crippen LogP contribution in [0.4, 0.5) is 0 Å². The number of rotatable bonds is 13. The van der Waals surface area contributed by atoms with Gasteiger partial charge in [0.2, 0.25) is 0 Å². The fourth-order valence-electron chi connectivity index (χ4n) is 6.52. The van der Waals surface area contributed by atoms with Crippen LogP contribution in [0.3, 0.4) is 0 Å². The van der Waals surface area contributed by atoms with E-state index in [1.165, 1.54) is 30.5 Å². The number of benzene rings is 5. The fourth-order valence-corrected chi connectivity index (χ4v) is 6.52. The van der Waals surface area contributed by atoms with Crippen molar-refractivity contribution in [2.75, 3.05) is 6.54 Å². The maximum atomic E-state index is 12.9. The van der Waals surface area contributed by atoms with Crippen LogP contribution in [0, 0.1) is 13.8 Å². The average Bonchev–Trinajstić information content (AvgIpc) is 3.36. The molecule has 0 saturated heterocycles. The van der Waals surface area contributed by atoms with E-state index in [-0.39, 0.29) is 41.1 Å². The molecule has 0 fully saturated rings. The predicted octanol–water partition coefficient (Wildman–Crippen LogP) is 8.22. The minimum atomic E-state index is -1.60. The highest BCUT2D eigenvalue weighted by atomic mass is 35.5. The van der Waals surface area contributed by atoms with E-state index in [2.05, 4.69) is 103 Å². The minimum Gasteiger partial charge on any atom is -0.507 e. The van der Waals surface area contributed by atoms with Crippen LogP contribution in [0.5, 0.6) is 28.7 Å². The van der Waals surface area contributed by atoms with Crippen molar-refractivity contribution in [1.82, 2.24) is 5.32 Å². The van der Waals surface area contributed by atoms with Gasteiger partial charge in [-0.25, -0.2) is 19.2 Å². The quantitative estimate of drug-likeness (QED) is 0.0329. The number of esters is 2. The number of hydrogen-bond donors (Lipinski definition) is 5. The van der Waals surface area contributed by atoms with Crippen molar-refractivity contribution < 1.29 is 58.6 Å². The molecule has 59 heavy (non-hydrogen) atoms. The molecule has 1 heterocycles. The lowest BCUT2D eigenvalue weighted by Gasteiger charge is -2.20. The molecule has 1 aliphatic rings. The standard InChI is InChI=1S/C23H25N.C22H16O12.ClH/c1-19(20-11-5-2-6-12-20)24-18-17-23(21-13-7-3-8-14-21)22-15-9-4-10-16-22;1-8-5-12(24)10(6-23)19-15(8)22(31)34-20-11(7-32-14(27)4-3-13(25)26)17(28)16(21(29)30)9(2)18(20)33-19;/h2-16,19,23-24H,17-18H2,1H3;3-6,24,28H,7H2,1-2H3,(H,25,26)(H,29,30);1H. The van der Waals surface area contributed by atoms with Gasteiger partial charge in [0.25, 0.3) is 0 Å². The minimum absolute atomic E-state index is 0. The molecule has 0 aromatic heterocycles. The molecule has 0 amide bonds. The first kappa shape index (κ1) is 44.8. The summed E-state index contributed by atoms with van der Waals surface area (Å²) in [5.41, 5.74) is 2.31. The fraction of sp³-hybridized carbons (Fsp3) is 0.178. The first-order valence-corrected chi connectivity index (χ1v) is 18.1. The number of phenols is 2. The Balaban J connectivity index is 0.000000271. The summed E-state index contributed by atoms with van der Waals surface area (Å²) in [4.78, 5) is 58.6. The molecular weight excluding hydrogens is 782 g/mol. The van der Waals surface area contributed by atoms with Gasteiger partial charge in [0.1, 0.15) is 29.2 Å². The Morgan fingerprint density at radius 3 is 1.88 bits per heavy atom. The van der Waals surface area contributed by atoms with Crippen molar-refractivity contribution in [2.45, 2.75) is 45.8 Å². The summed E-state index contributed by atoms with van der Waals surface area (Å²) >= 11 is 0. The number of carboxylic acids is 2. The van der Waals surface area contributed by atoms with Crippen LogP contribution in [0.15, 0.2) is 109 Å². The van der Waals surface area contributed by atoms with Gasteiger partial charge in [-0.15, -0.1) is 12.4 Å². The van der Waals surface area contributed by atoms with E-state index in [0.717, 1.165) is 19.0 Å². The van der Waals surface area contributed by atoms with Crippen LogP contribution in [-0.2, 0) is 20.9 Å². The Bertz CT molecular complexity index is 2310. The number of phenolic OH excluding ortho intramolecular Hbond substituents is 1. The highest BCUT2D eigenvalue weighted by Gasteiger charge is 2.36. The number of hydrogen-bond acceptors (Lipinski definition) is 11. The highest BCUT2D eigenvalue weighted by molar-refractivity contribution is 6.03. The predicted molar refractivity (Wildman–Crippen MR) is 219 cm³/mol. The molecular formula is C45H42ClNO12. The number of carbonyl (C=O) groups excluding carboxylic acids is 3. The number of aliphatic carboxylic acids is 1. The van der Waals surface area contributed by atoms with Gasteiger partial charge in [-0.05, 0) is 62.1 Å². The number of aryl methyl sites for hydroxylation is 1. The lowest BCUT2D eigenvalue weighted by Crippen LogP contribution is -2.21. The van der Waals surface area contributed by atoms with Crippen LogP contribution in [0.1, 0.15) is 89.8 Å². The van der Waals surface area contributed by atoms with Crippen LogP contribution in [0.2, 0.25) is 0 Å². The first-order valence-electron chi connectivity index (χ1n) is 18.1. The third-order valence-corrected chi connectivity index (χ3v) is 9.46. The molecule has 0 aliphatic carbocycles. The number of aldehydes is 1. The Hall–Kier alpha value is -6.96. The normalized spacial score (nSPS) is 12.0. The summed E-state index contributed by atoms with van der Waals surface area (Å²) in [5.74, 6) is -7.48. The first-order chi connectivity index (χ1) is 27.8. The van der Waals surface area contributed by atoms with Crippen molar-refractivity contribution in [3.63, 3.8) is 0 Å². The second-order valence-corrected chi connectivity index (χ2v) is 13.3. The smallest absolute Gasteiger partial charge is 0.347 e. The van der Waals surface area contributed by atoms with E-state index in [1.54, 1.807) is 0 Å². The van der Waals surface area contributed by atoms with E-state index in [9.17, 15) is 39.3 Å². The number of aromatic hydroxyl groups is 2. The molecule has 1 aliphatic heterocycles. The molecule has 13 nitrogen and oxygen atoms in total. The Labute approximate surface area is 345 Å². The van der Waals surface area contributed by atoms with Gasteiger partial charge in [0.15, 0.2) is 23.5 Å². The zero-order valence-corrected chi connectivity index (χ0v) is 33.0. The topological polar surface area (TPSA) is 206 Å². The molecule has 1 atom stereocenters. The number of carbonyl (C=O) groups is 5. The number of aromatic carboxylic acids is 1. The Morgan fingerprint density at radius 2 is 1.36 bits per heavy atom. The largest absolute Gasteiger partial charge is 0.507 e. The van der Waals surface area contributed by atoms with Gasteiger partial charge in [0.05, 0.1) is 11.1 Å². The van der Waals surface area contributed by atoms with Crippen molar-refractivity contribution in [2.24, 2.45) is 0 Å². The summed E-state index contributed by atoms with van der Waals surface area (Å²) in [6, 6.07) is 33.8. The molecule has 5 aromatic rings. The molecule has 5 N–H and O–H groups in total. The van der Waals surface area contributed by atoms with E-state index < -0.39 is 70.2 Å². The van der Waals surface area contributed by atoms with Gasteiger partial charge in [-0.2, -0.15) is 0 Å². The number of fused-ring (bicyclic) bond motifs is 2. The van der Waals surface area contributed by atoms with Gasteiger partial charge in [0, 0.05) is 29.7 Å². The molecule has 0 radical (unpaired) electrons. The summed E-state index contributed by atoms with van der Waals surface area (Å²) in [7, 11) is 0. The third-order valence-electron chi connectivity index (χ3n) is 9.46. The summed E-state index contributed by atoms with van der Waals surface area (Å²) in [6.45, 7) is 5.05. The summed E-state index contributed by atoms with van der Waals surface area (Å²) < 4.78 is 15.9. The summed E-state index contributed by atoms with van der Waals surface area (Å²) in [5, 5.41) is 42.6. The zero-order valence-electron chi connectivity index (χ0n) is 32.2. The van der Waals surface area contributed by atoms with Gasteiger partial charge in [-0.3, -0.25) is 4.79 Å². The Kier molecular flexibility index (Phi) is 15.5. The molecule has 14 heteroatoms. The molecule has 0 spiro atoms. The Morgan fingerprint density at radius 1 is 0.797 bits per heavy atom. The van der Waals surface area contributed by atoms with Crippen LogP contribution >= 0.6 is 12.4 Å². The number of nitrogens with one attached hydrogen (secondary N) is 1. The van der Waals surface area contributed by atoms with Crippen molar-refractivity contribution in [3.8, 4) is 28.7 Å². The second-order valence-electron chi connectivity index (χ2n) is 13.3. The molecule has 306 valence electrons. The molecule has 0 bridgehead atoms. The van der Waals surface area contributed by atoms with Crippen molar-refractivity contribution in [1.29, 1.82) is 0 Å². The molecule has 5 aromatic carbocycles. The van der Waals surface area contributed by atoms with E-state index >= 15 is 0 Å².